The number of carbonyl (C=O) groups is 2. The van der Waals surface area contributed by atoms with Crippen molar-refractivity contribution in [1.29, 1.82) is 5.26 Å². The second kappa shape index (κ2) is 9.90. The van der Waals surface area contributed by atoms with E-state index in [9.17, 15) is 26.8 Å². The maximum atomic E-state index is 14.2. The van der Waals surface area contributed by atoms with E-state index in [0.717, 1.165) is 31.2 Å². The lowest BCUT2D eigenvalue weighted by Gasteiger charge is -2.18. The molecule has 1 atom stereocenters. The first-order valence-electron chi connectivity index (χ1n) is 10.1. The smallest absolute Gasteiger partial charge is 0.335 e. The summed E-state index contributed by atoms with van der Waals surface area (Å²) in [6.07, 6.45) is 0. The topological polar surface area (TPSA) is 136 Å². The molecular formula is C24H19F2N3O5S. The van der Waals surface area contributed by atoms with Gasteiger partial charge >= 0.3 is 5.97 Å². The molecule has 0 bridgehead atoms. The summed E-state index contributed by atoms with van der Waals surface area (Å²) in [6, 6.07) is 12.1. The molecule has 8 nitrogen and oxygen atoms in total. The van der Waals surface area contributed by atoms with Gasteiger partial charge in [-0.25, -0.2) is 22.0 Å². The van der Waals surface area contributed by atoms with E-state index in [-0.39, 0.29) is 16.8 Å². The predicted octanol–water partition coefficient (Wildman–Crippen LogP) is 4.13. The van der Waals surface area contributed by atoms with Crippen molar-refractivity contribution in [3.8, 4) is 6.07 Å². The highest BCUT2D eigenvalue weighted by Gasteiger charge is 2.25. The Morgan fingerprint density at radius 3 is 2.31 bits per heavy atom. The molecule has 3 aromatic carbocycles. The summed E-state index contributed by atoms with van der Waals surface area (Å²) in [4.78, 5) is 23.5. The number of benzene rings is 3. The number of aromatic carboxylic acids is 1. The van der Waals surface area contributed by atoms with Crippen molar-refractivity contribution in [2.24, 2.45) is 0 Å². The Hall–Kier alpha value is -4.30. The molecule has 0 fully saturated rings. The highest BCUT2D eigenvalue weighted by molar-refractivity contribution is 7.92. The van der Waals surface area contributed by atoms with Crippen molar-refractivity contribution in [1.82, 2.24) is 5.32 Å². The molecule has 1 unspecified atom stereocenters. The number of hydrogen-bond acceptors (Lipinski definition) is 5. The van der Waals surface area contributed by atoms with Crippen molar-refractivity contribution < 1.29 is 31.9 Å². The molecule has 0 aromatic heterocycles. The van der Waals surface area contributed by atoms with Crippen molar-refractivity contribution in [3.63, 3.8) is 0 Å². The molecule has 180 valence electrons. The van der Waals surface area contributed by atoms with Crippen LogP contribution in [-0.2, 0) is 10.0 Å². The molecule has 11 heteroatoms. The molecule has 0 saturated carbocycles. The van der Waals surface area contributed by atoms with Crippen molar-refractivity contribution >= 4 is 27.6 Å². The zero-order valence-corrected chi connectivity index (χ0v) is 19.3. The van der Waals surface area contributed by atoms with Crippen molar-refractivity contribution in [2.45, 2.75) is 24.8 Å². The number of carbonyl (C=O) groups excluding carboxylic acids is 1. The SMILES string of the molecule is Cc1c(F)cc(C(=O)O)cc1S(=O)(=O)Nc1ccc(F)cc1C(=O)NC(C)c1ccc(C#N)cc1. The number of carboxylic acid groups (broad SMARTS) is 1. The van der Waals surface area contributed by atoms with Gasteiger partial charge in [-0.15, -0.1) is 0 Å². The largest absolute Gasteiger partial charge is 0.478 e. The maximum absolute atomic E-state index is 14.2. The van der Waals surface area contributed by atoms with Gasteiger partial charge in [-0.05, 0) is 61.9 Å². The molecule has 0 aliphatic rings. The van der Waals surface area contributed by atoms with Gasteiger partial charge in [-0.3, -0.25) is 9.52 Å². The lowest BCUT2D eigenvalue weighted by Crippen LogP contribution is -2.28. The number of anilines is 1. The summed E-state index contributed by atoms with van der Waals surface area (Å²) in [5.74, 6) is -4.18. The normalized spacial score (nSPS) is 11.9. The Bertz CT molecular complexity index is 1470. The van der Waals surface area contributed by atoms with Crippen LogP contribution in [0.5, 0.6) is 0 Å². The van der Waals surface area contributed by atoms with Crippen LogP contribution in [0, 0.1) is 29.9 Å². The zero-order chi connectivity index (χ0) is 25.9. The van der Waals surface area contributed by atoms with Gasteiger partial charge < -0.3 is 10.4 Å². The molecule has 0 heterocycles. The van der Waals surface area contributed by atoms with Crippen LogP contribution in [0.2, 0.25) is 0 Å². The second-order valence-corrected chi connectivity index (χ2v) is 9.26. The zero-order valence-electron chi connectivity index (χ0n) is 18.5. The lowest BCUT2D eigenvalue weighted by atomic mass is 10.1. The van der Waals surface area contributed by atoms with Gasteiger partial charge in [-0.2, -0.15) is 5.26 Å². The van der Waals surface area contributed by atoms with Crippen LogP contribution in [-0.4, -0.2) is 25.4 Å². The number of nitrogens with zero attached hydrogens (tertiary/aromatic N) is 1. The number of carboxylic acids is 1. The van der Waals surface area contributed by atoms with E-state index < -0.39 is 50.0 Å². The third kappa shape index (κ3) is 5.62. The number of sulfonamides is 1. The molecule has 0 radical (unpaired) electrons. The average molecular weight is 499 g/mol. The first kappa shape index (κ1) is 25.3. The summed E-state index contributed by atoms with van der Waals surface area (Å²) < 4.78 is 56.3. The van der Waals surface area contributed by atoms with Crippen molar-refractivity contribution in [3.05, 3.63) is 94.0 Å². The third-order valence-corrected chi connectivity index (χ3v) is 6.68. The van der Waals surface area contributed by atoms with Gasteiger partial charge in [0.2, 0.25) is 0 Å². The van der Waals surface area contributed by atoms with Crippen LogP contribution in [0.15, 0.2) is 59.5 Å². The number of nitriles is 1. The van der Waals surface area contributed by atoms with E-state index in [2.05, 4.69) is 10.0 Å². The minimum atomic E-state index is -4.57. The quantitative estimate of drug-likeness (QED) is 0.447. The fourth-order valence-electron chi connectivity index (χ4n) is 3.25. The van der Waals surface area contributed by atoms with Crippen LogP contribution in [0.25, 0.3) is 0 Å². The Labute approximate surface area is 199 Å². The molecule has 3 rings (SSSR count). The highest BCUT2D eigenvalue weighted by Crippen LogP contribution is 2.26. The minimum Gasteiger partial charge on any atom is -0.478 e. The molecule has 35 heavy (non-hydrogen) atoms. The average Bonchev–Trinajstić information content (AvgIpc) is 2.81. The minimum absolute atomic E-state index is 0.295. The van der Waals surface area contributed by atoms with Gasteiger partial charge in [0.15, 0.2) is 0 Å². The van der Waals surface area contributed by atoms with Gasteiger partial charge in [0.05, 0.1) is 39.4 Å². The second-order valence-electron chi connectivity index (χ2n) is 7.61. The van der Waals surface area contributed by atoms with Gasteiger partial charge in [0.1, 0.15) is 11.6 Å². The molecule has 0 saturated heterocycles. The molecule has 0 spiro atoms. The summed E-state index contributed by atoms with van der Waals surface area (Å²) in [5.41, 5.74) is -0.481. The van der Waals surface area contributed by atoms with Gasteiger partial charge in [0, 0.05) is 5.56 Å². The maximum Gasteiger partial charge on any atom is 0.335 e. The monoisotopic (exact) mass is 499 g/mol. The summed E-state index contributed by atoms with van der Waals surface area (Å²) in [6.45, 7) is 2.80. The number of halogens is 2. The fourth-order valence-corrected chi connectivity index (χ4v) is 4.61. The van der Waals surface area contributed by atoms with E-state index >= 15 is 0 Å². The van der Waals surface area contributed by atoms with Crippen LogP contribution < -0.4 is 10.0 Å². The molecule has 1 amide bonds. The number of hydrogen-bond donors (Lipinski definition) is 3. The summed E-state index contributed by atoms with van der Waals surface area (Å²) in [5, 5.41) is 20.7. The van der Waals surface area contributed by atoms with E-state index in [1.165, 1.54) is 0 Å². The van der Waals surface area contributed by atoms with E-state index in [0.29, 0.717) is 17.2 Å². The van der Waals surface area contributed by atoms with E-state index in [1.807, 2.05) is 6.07 Å². The summed E-state index contributed by atoms with van der Waals surface area (Å²) in [7, 11) is -4.57. The van der Waals surface area contributed by atoms with Crippen molar-refractivity contribution in [2.75, 3.05) is 4.72 Å². The molecule has 0 aliphatic carbocycles. The molecule has 0 aliphatic heterocycles. The van der Waals surface area contributed by atoms with Gasteiger partial charge in [-0.1, -0.05) is 12.1 Å². The summed E-state index contributed by atoms with van der Waals surface area (Å²) >= 11 is 0. The number of rotatable bonds is 7. The first-order chi connectivity index (χ1) is 16.4. The Kier molecular flexibility index (Phi) is 7.17. The Balaban J connectivity index is 1.94. The van der Waals surface area contributed by atoms with E-state index in [1.54, 1.807) is 31.2 Å². The highest BCUT2D eigenvalue weighted by atomic mass is 32.2. The van der Waals surface area contributed by atoms with E-state index in [4.69, 9.17) is 10.4 Å². The molecule has 3 N–H and O–H groups in total. The Morgan fingerprint density at radius 1 is 1.06 bits per heavy atom. The van der Waals surface area contributed by atoms with Crippen LogP contribution in [0.1, 0.15) is 50.4 Å². The number of amides is 1. The van der Waals surface area contributed by atoms with Gasteiger partial charge in [0.25, 0.3) is 15.9 Å². The fraction of sp³-hybridized carbons (Fsp3) is 0.125. The first-order valence-corrected chi connectivity index (χ1v) is 11.6. The Morgan fingerprint density at radius 2 is 1.71 bits per heavy atom. The molecular weight excluding hydrogens is 480 g/mol. The van der Waals surface area contributed by atoms with Crippen LogP contribution in [0.3, 0.4) is 0 Å². The number of nitrogens with one attached hydrogen (secondary N) is 2. The third-order valence-electron chi connectivity index (χ3n) is 5.19. The predicted molar refractivity (Wildman–Crippen MR) is 122 cm³/mol. The van der Waals surface area contributed by atoms with Crippen LogP contribution in [0.4, 0.5) is 14.5 Å². The van der Waals surface area contributed by atoms with Crippen LogP contribution >= 0.6 is 0 Å². The molecule has 3 aromatic rings. The lowest BCUT2D eigenvalue weighted by molar-refractivity contribution is 0.0695. The standard InChI is InChI=1S/C24H19F2N3O5S/c1-13-20(26)9-17(24(31)32)10-22(13)35(33,34)29-21-8-7-18(25)11-19(21)23(30)28-14(2)16-5-3-15(12-27)4-6-16/h3-11,14,29H,1-2H3,(H,28,30)(H,31,32).